The Morgan fingerprint density at radius 3 is 2.48 bits per heavy atom. The van der Waals surface area contributed by atoms with Crippen molar-refractivity contribution < 1.29 is 22.7 Å². The van der Waals surface area contributed by atoms with Crippen LogP contribution in [0.4, 0.5) is 18.0 Å². The number of alkyl halides is 1. The smallest absolute Gasteiger partial charge is 0.320 e. The molecule has 2 heterocycles. The van der Waals surface area contributed by atoms with Gasteiger partial charge in [-0.1, -0.05) is 51.1 Å². The molecule has 0 bridgehead atoms. The summed E-state index contributed by atoms with van der Waals surface area (Å²) in [5.41, 5.74) is 6.19. The Labute approximate surface area is 232 Å². The lowest BCUT2D eigenvalue weighted by Crippen LogP contribution is -2.52. The molecular formula is C29H37F3N6O2. The summed E-state index contributed by atoms with van der Waals surface area (Å²) in [6.45, 7) is 7.31. The molecule has 2 aromatic carbocycles. The Kier molecular flexibility index (Phi) is 9.47. The predicted octanol–water partition coefficient (Wildman–Crippen LogP) is 4.80. The van der Waals surface area contributed by atoms with E-state index in [1.165, 1.54) is 0 Å². The lowest BCUT2D eigenvalue weighted by molar-refractivity contribution is 0.0275. The van der Waals surface area contributed by atoms with Gasteiger partial charge >= 0.3 is 6.03 Å². The fraction of sp³-hybridized carbons (Fsp3) is 0.483. The number of aromatic nitrogens is 3. The Hall–Kier alpha value is -3.44. The second kappa shape index (κ2) is 12.8. The number of hydrogen-bond acceptors (Lipinski definition) is 5. The van der Waals surface area contributed by atoms with Gasteiger partial charge in [0.05, 0.1) is 31.4 Å². The SMILES string of the molecule is CC(C)(C)C(c1nc(-c2cc(F)ccc2F)nn1Cc1ccccc1)N(CCC(N)CF)C(=O)N1CCOCC1. The third-order valence-corrected chi connectivity index (χ3v) is 6.89. The van der Waals surface area contributed by atoms with Gasteiger partial charge in [-0.25, -0.2) is 27.6 Å². The number of rotatable bonds is 9. The number of benzene rings is 2. The van der Waals surface area contributed by atoms with E-state index < -0.39 is 35.8 Å². The molecule has 0 radical (unpaired) electrons. The molecule has 4 rings (SSSR count). The standard InChI is InChI=1S/C29H37F3N6O2/c1-29(2,3)25(37(12-11-22(33)18-30)28(39)36-13-15-40-16-14-36)27-34-26(23-17-21(31)9-10-24(23)32)35-38(27)19-20-7-5-4-6-8-20/h4-10,17,22,25H,11-16,18-19,33H2,1-3H3. The highest BCUT2D eigenvalue weighted by Crippen LogP contribution is 2.39. The number of nitrogens with zero attached hydrogens (tertiary/aromatic N) is 5. The Bertz CT molecular complexity index is 1270. The number of urea groups is 1. The molecule has 1 fully saturated rings. The zero-order valence-electron chi connectivity index (χ0n) is 23.2. The number of ether oxygens (including phenoxy) is 1. The van der Waals surface area contributed by atoms with Gasteiger partial charge in [0.2, 0.25) is 0 Å². The number of morpholine rings is 1. The van der Waals surface area contributed by atoms with Gasteiger partial charge in [-0.3, -0.25) is 0 Å². The van der Waals surface area contributed by atoms with Gasteiger partial charge in [0.15, 0.2) is 11.6 Å². The van der Waals surface area contributed by atoms with Crippen molar-refractivity contribution in [2.24, 2.45) is 11.1 Å². The number of carbonyl (C=O) groups is 1. The van der Waals surface area contributed by atoms with Crippen LogP contribution in [0.15, 0.2) is 48.5 Å². The summed E-state index contributed by atoms with van der Waals surface area (Å²) in [6.07, 6.45) is 0.233. The summed E-state index contributed by atoms with van der Waals surface area (Å²) >= 11 is 0. The van der Waals surface area contributed by atoms with Crippen LogP contribution < -0.4 is 5.73 Å². The number of carbonyl (C=O) groups excluding carboxylic acids is 1. The second-order valence-electron chi connectivity index (χ2n) is 11.1. The Balaban J connectivity index is 1.85. The molecule has 1 aliphatic heterocycles. The van der Waals surface area contributed by atoms with Gasteiger partial charge in [-0.05, 0) is 35.6 Å². The van der Waals surface area contributed by atoms with E-state index in [1.54, 1.807) is 14.5 Å². The maximum atomic E-state index is 14.8. The summed E-state index contributed by atoms with van der Waals surface area (Å²) < 4.78 is 49.4. The quantitative estimate of drug-likeness (QED) is 0.408. The van der Waals surface area contributed by atoms with E-state index in [-0.39, 0.29) is 36.9 Å². The van der Waals surface area contributed by atoms with Crippen molar-refractivity contribution in [1.82, 2.24) is 24.6 Å². The van der Waals surface area contributed by atoms with E-state index in [0.29, 0.717) is 32.1 Å². The second-order valence-corrected chi connectivity index (χ2v) is 11.1. The van der Waals surface area contributed by atoms with Gasteiger partial charge in [-0.2, -0.15) is 5.10 Å². The van der Waals surface area contributed by atoms with Gasteiger partial charge in [-0.15, -0.1) is 0 Å². The maximum Gasteiger partial charge on any atom is 0.320 e. The molecule has 0 saturated carbocycles. The first-order valence-electron chi connectivity index (χ1n) is 13.5. The Morgan fingerprint density at radius 2 is 1.82 bits per heavy atom. The summed E-state index contributed by atoms with van der Waals surface area (Å²) in [6, 6.07) is 11.0. The van der Waals surface area contributed by atoms with Crippen molar-refractivity contribution in [3.63, 3.8) is 0 Å². The molecule has 216 valence electrons. The highest BCUT2D eigenvalue weighted by Gasteiger charge is 2.40. The summed E-state index contributed by atoms with van der Waals surface area (Å²) in [4.78, 5) is 22.1. The van der Waals surface area contributed by atoms with Crippen molar-refractivity contribution in [2.75, 3.05) is 39.5 Å². The summed E-state index contributed by atoms with van der Waals surface area (Å²) in [5, 5.41) is 4.62. The molecule has 2 atom stereocenters. The lowest BCUT2D eigenvalue weighted by atomic mass is 9.84. The monoisotopic (exact) mass is 558 g/mol. The minimum absolute atomic E-state index is 0.0106. The van der Waals surface area contributed by atoms with Gasteiger partial charge in [0.1, 0.15) is 18.3 Å². The van der Waals surface area contributed by atoms with E-state index in [2.05, 4.69) is 5.10 Å². The first-order valence-corrected chi connectivity index (χ1v) is 13.5. The Morgan fingerprint density at radius 1 is 1.12 bits per heavy atom. The van der Waals surface area contributed by atoms with Gasteiger partial charge < -0.3 is 20.3 Å². The van der Waals surface area contributed by atoms with Crippen LogP contribution in [0.25, 0.3) is 11.4 Å². The van der Waals surface area contributed by atoms with Crippen LogP contribution in [-0.2, 0) is 11.3 Å². The minimum Gasteiger partial charge on any atom is -0.378 e. The van der Waals surface area contributed by atoms with E-state index in [9.17, 15) is 18.0 Å². The molecule has 0 spiro atoms. The van der Waals surface area contributed by atoms with Gasteiger partial charge in [0.25, 0.3) is 0 Å². The van der Waals surface area contributed by atoms with Crippen molar-refractivity contribution >= 4 is 6.03 Å². The molecule has 1 saturated heterocycles. The zero-order valence-corrected chi connectivity index (χ0v) is 23.2. The van der Waals surface area contributed by atoms with E-state index in [1.807, 2.05) is 51.1 Å². The van der Waals surface area contributed by atoms with Crippen LogP contribution in [0.5, 0.6) is 0 Å². The maximum absolute atomic E-state index is 14.8. The highest BCUT2D eigenvalue weighted by atomic mass is 19.1. The van der Waals surface area contributed by atoms with E-state index >= 15 is 0 Å². The molecule has 2 amide bonds. The number of amides is 2. The van der Waals surface area contributed by atoms with Crippen LogP contribution in [0, 0.1) is 17.0 Å². The van der Waals surface area contributed by atoms with Crippen molar-refractivity contribution in [3.8, 4) is 11.4 Å². The lowest BCUT2D eigenvalue weighted by Gasteiger charge is -2.42. The van der Waals surface area contributed by atoms with Gasteiger partial charge in [0, 0.05) is 25.7 Å². The molecule has 3 aromatic rings. The van der Waals surface area contributed by atoms with E-state index in [4.69, 9.17) is 15.5 Å². The van der Waals surface area contributed by atoms with Crippen LogP contribution in [0.2, 0.25) is 0 Å². The van der Waals surface area contributed by atoms with Crippen molar-refractivity contribution in [3.05, 3.63) is 71.6 Å². The average molecular weight is 559 g/mol. The average Bonchev–Trinajstić information content (AvgIpc) is 3.34. The normalized spacial score (nSPS) is 15.6. The van der Waals surface area contributed by atoms with Crippen molar-refractivity contribution in [2.45, 2.75) is 45.8 Å². The van der Waals surface area contributed by atoms with E-state index in [0.717, 1.165) is 23.8 Å². The summed E-state index contributed by atoms with van der Waals surface area (Å²) in [5.74, 6) is -0.858. The molecule has 1 aromatic heterocycles. The third-order valence-electron chi connectivity index (χ3n) is 6.89. The topological polar surface area (TPSA) is 89.5 Å². The molecular weight excluding hydrogens is 521 g/mol. The molecule has 8 nitrogen and oxygen atoms in total. The van der Waals surface area contributed by atoms with Crippen molar-refractivity contribution in [1.29, 1.82) is 0 Å². The van der Waals surface area contributed by atoms with Crippen LogP contribution in [-0.4, -0.2) is 76.2 Å². The first-order chi connectivity index (χ1) is 19.1. The molecule has 2 unspecified atom stereocenters. The minimum atomic E-state index is -0.736. The molecule has 2 N–H and O–H groups in total. The molecule has 0 aliphatic carbocycles. The fourth-order valence-corrected chi connectivity index (χ4v) is 4.86. The molecule has 40 heavy (non-hydrogen) atoms. The van der Waals surface area contributed by atoms with Crippen LogP contribution >= 0.6 is 0 Å². The molecule has 1 aliphatic rings. The predicted molar refractivity (Wildman–Crippen MR) is 146 cm³/mol. The molecule has 11 heteroatoms. The number of halogens is 3. The summed E-state index contributed by atoms with van der Waals surface area (Å²) in [7, 11) is 0. The third kappa shape index (κ3) is 7.00. The largest absolute Gasteiger partial charge is 0.378 e. The van der Waals surface area contributed by atoms with Crippen LogP contribution in [0.1, 0.15) is 44.6 Å². The fourth-order valence-electron chi connectivity index (χ4n) is 4.86. The number of hydrogen-bond donors (Lipinski definition) is 1. The highest BCUT2D eigenvalue weighted by molar-refractivity contribution is 5.75. The first kappa shape index (κ1) is 29.5. The zero-order chi connectivity index (χ0) is 28.9. The number of nitrogens with two attached hydrogens (primary N) is 1. The van der Waals surface area contributed by atoms with Crippen LogP contribution in [0.3, 0.4) is 0 Å².